The molecule has 0 radical (unpaired) electrons. The summed E-state index contributed by atoms with van der Waals surface area (Å²) in [5.41, 5.74) is 12.9. The first kappa shape index (κ1) is 29.9. The summed E-state index contributed by atoms with van der Waals surface area (Å²) < 4.78 is 44.8. The van der Waals surface area contributed by atoms with Gasteiger partial charge < -0.3 is 25.7 Å². The summed E-state index contributed by atoms with van der Waals surface area (Å²) in [5.74, 6) is -1.29. The van der Waals surface area contributed by atoms with Crippen LogP contribution in [0, 0.1) is 11.8 Å². The van der Waals surface area contributed by atoms with Gasteiger partial charge in [0.2, 0.25) is 0 Å². The van der Waals surface area contributed by atoms with Gasteiger partial charge >= 0.3 is 18.0 Å². The first-order valence-corrected chi connectivity index (χ1v) is 13.5. The van der Waals surface area contributed by atoms with Crippen molar-refractivity contribution in [3.63, 3.8) is 0 Å². The lowest BCUT2D eigenvalue weighted by atomic mass is 9.79. The highest BCUT2D eigenvalue weighted by Gasteiger charge is 2.43. The predicted molar refractivity (Wildman–Crippen MR) is 147 cm³/mol. The van der Waals surface area contributed by atoms with Crippen LogP contribution in [0.15, 0.2) is 48.5 Å². The minimum absolute atomic E-state index is 0.0525. The summed E-state index contributed by atoms with van der Waals surface area (Å²) in [6.07, 6.45) is 5.86. The predicted octanol–water partition coefficient (Wildman–Crippen LogP) is 6.62. The number of nitrogens with two attached hydrogens (primary N) is 2. The van der Waals surface area contributed by atoms with Gasteiger partial charge in [0, 0.05) is 23.9 Å². The van der Waals surface area contributed by atoms with Crippen LogP contribution in [0.5, 0.6) is 5.75 Å². The Morgan fingerprint density at radius 3 is 2.23 bits per heavy atom. The number of halogens is 2. The van der Waals surface area contributed by atoms with Crippen LogP contribution in [0.4, 0.5) is 20.2 Å². The third-order valence-corrected chi connectivity index (χ3v) is 6.81. The second-order valence-electron chi connectivity index (χ2n) is 9.97. The molecule has 212 valence electrons. The number of nitrogen functional groups attached to an aromatic ring is 2. The van der Waals surface area contributed by atoms with E-state index < -0.39 is 24.0 Å². The molecule has 1 saturated carbocycles. The molecule has 1 aliphatic carbocycles. The van der Waals surface area contributed by atoms with Crippen LogP contribution in [-0.2, 0) is 14.3 Å². The number of esters is 2. The maximum atomic E-state index is 14.7. The van der Waals surface area contributed by atoms with Gasteiger partial charge in [-0.1, -0.05) is 38.3 Å². The van der Waals surface area contributed by atoms with Crippen molar-refractivity contribution in [3.8, 4) is 5.75 Å². The highest BCUT2D eigenvalue weighted by Crippen LogP contribution is 2.41. The van der Waals surface area contributed by atoms with Gasteiger partial charge in [-0.05, 0) is 73.6 Å². The van der Waals surface area contributed by atoms with Crippen molar-refractivity contribution in [1.82, 2.24) is 0 Å². The number of rotatable bonds is 13. The molecule has 1 fully saturated rings. The SMILES string of the molecule is CCCCC1CCC(C(F)(F)Oc2ccc(/C=C/C(=O)OCCCOC(=O)c3cc(N)cc(N)c3)cc2)CC1. The van der Waals surface area contributed by atoms with Crippen LogP contribution in [0.25, 0.3) is 6.08 Å². The zero-order valence-corrected chi connectivity index (χ0v) is 22.4. The van der Waals surface area contributed by atoms with Crippen molar-refractivity contribution in [1.29, 1.82) is 0 Å². The molecule has 4 N–H and O–H groups in total. The number of unbranched alkanes of at least 4 members (excludes halogenated alkanes) is 1. The molecule has 39 heavy (non-hydrogen) atoms. The fraction of sp³-hybridized carbons (Fsp3) is 0.467. The summed E-state index contributed by atoms with van der Waals surface area (Å²) in [6.45, 7) is 2.25. The van der Waals surface area contributed by atoms with E-state index in [0.29, 0.717) is 42.1 Å². The Balaban J connectivity index is 1.36. The average molecular weight is 545 g/mol. The van der Waals surface area contributed by atoms with E-state index in [1.54, 1.807) is 12.1 Å². The molecular formula is C30H38F2N2O5. The molecule has 0 heterocycles. The molecule has 9 heteroatoms. The first-order chi connectivity index (χ1) is 18.7. The Hall–Kier alpha value is -3.62. The number of carbonyl (C=O) groups excluding carboxylic acids is 2. The van der Waals surface area contributed by atoms with E-state index in [0.717, 1.165) is 32.1 Å². The third kappa shape index (κ3) is 9.89. The minimum Gasteiger partial charge on any atom is -0.462 e. The van der Waals surface area contributed by atoms with Crippen LogP contribution in [0.3, 0.4) is 0 Å². The zero-order chi connectivity index (χ0) is 28.3. The maximum absolute atomic E-state index is 14.7. The van der Waals surface area contributed by atoms with Gasteiger partial charge in [-0.2, -0.15) is 8.78 Å². The molecule has 0 bridgehead atoms. The van der Waals surface area contributed by atoms with Crippen molar-refractivity contribution in [2.75, 3.05) is 24.7 Å². The second-order valence-corrected chi connectivity index (χ2v) is 9.97. The molecule has 7 nitrogen and oxygen atoms in total. The number of ether oxygens (including phenoxy) is 3. The summed E-state index contributed by atoms with van der Waals surface area (Å²) in [5, 5.41) is 0. The zero-order valence-electron chi connectivity index (χ0n) is 22.4. The molecule has 3 rings (SSSR count). The highest BCUT2D eigenvalue weighted by molar-refractivity contribution is 5.91. The summed E-state index contributed by atoms with van der Waals surface area (Å²) in [7, 11) is 0. The van der Waals surface area contributed by atoms with Crippen LogP contribution in [-0.4, -0.2) is 31.3 Å². The molecule has 0 spiro atoms. The topological polar surface area (TPSA) is 114 Å². The Bertz CT molecular complexity index is 1090. The second kappa shape index (κ2) is 14.5. The Kier molecular flexibility index (Phi) is 11.1. The van der Waals surface area contributed by atoms with Gasteiger partial charge in [0.1, 0.15) is 5.75 Å². The molecule has 0 unspecified atom stereocenters. The van der Waals surface area contributed by atoms with Crippen LogP contribution >= 0.6 is 0 Å². The third-order valence-electron chi connectivity index (χ3n) is 6.81. The van der Waals surface area contributed by atoms with E-state index in [1.807, 2.05) is 0 Å². The normalized spacial score (nSPS) is 17.6. The molecule has 0 aromatic heterocycles. The molecule has 0 atom stereocenters. The van der Waals surface area contributed by atoms with Crippen molar-refractivity contribution in [2.24, 2.45) is 11.8 Å². The lowest BCUT2D eigenvalue weighted by Gasteiger charge is -2.33. The monoisotopic (exact) mass is 544 g/mol. The van der Waals surface area contributed by atoms with E-state index in [2.05, 4.69) is 6.92 Å². The highest BCUT2D eigenvalue weighted by atomic mass is 19.3. The molecule has 2 aromatic rings. The van der Waals surface area contributed by atoms with Gasteiger partial charge in [0.05, 0.1) is 24.7 Å². The van der Waals surface area contributed by atoms with Crippen LogP contribution in [0.2, 0.25) is 0 Å². The Morgan fingerprint density at radius 2 is 1.59 bits per heavy atom. The Morgan fingerprint density at radius 1 is 0.949 bits per heavy atom. The van der Waals surface area contributed by atoms with Crippen molar-refractivity contribution in [2.45, 2.75) is 64.4 Å². The van der Waals surface area contributed by atoms with E-state index >= 15 is 0 Å². The average Bonchev–Trinajstić information content (AvgIpc) is 2.90. The maximum Gasteiger partial charge on any atom is 0.400 e. The van der Waals surface area contributed by atoms with Gasteiger partial charge in [-0.3, -0.25) is 0 Å². The number of hydrogen-bond acceptors (Lipinski definition) is 7. The summed E-state index contributed by atoms with van der Waals surface area (Å²) in [4.78, 5) is 24.0. The van der Waals surface area contributed by atoms with Crippen LogP contribution < -0.4 is 16.2 Å². The number of hydrogen-bond donors (Lipinski definition) is 2. The molecule has 0 aliphatic heterocycles. The van der Waals surface area contributed by atoms with Crippen molar-refractivity contribution in [3.05, 3.63) is 59.7 Å². The van der Waals surface area contributed by atoms with Crippen molar-refractivity contribution < 1.29 is 32.6 Å². The minimum atomic E-state index is -3.22. The van der Waals surface area contributed by atoms with E-state index in [1.165, 1.54) is 42.5 Å². The smallest absolute Gasteiger partial charge is 0.400 e. The Labute approximate surface area is 228 Å². The van der Waals surface area contributed by atoms with Crippen molar-refractivity contribution >= 4 is 29.4 Å². The summed E-state index contributed by atoms with van der Waals surface area (Å²) >= 11 is 0. The van der Waals surface area contributed by atoms with Gasteiger partial charge in [-0.15, -0.1) is 0 Å². The summed E-state index contributed by atoms with van der Waals surface area (Å²) in [6, 6.07) is 10.6. The number of carbonyl (C=O) groups is 2. The lowest BCUT2D eigenvalue weighted by Crippen LogP contribution is -2.37. The van der Waals surface area contributed by atoms with E-state index in [-0.39, 0.29) is 24.5 Å². The van der Waals surface area contributed by atoms with E-state index in [4.69, 9.17) is 25.7 Å². The fourth-order valence-corrected chi connectivity index (χ4v) is 4.65. The van der Waals surface area contributed by atoms with Crippen LogP contribution in [0.1, 0.15) is 74.2 Å². The first-order valence-electron chi connectivity index (χ1n) is 13.5. The van der Waals surface area contributed by atoms with Gasteiger partial charge in [0.25, 0.3) is 0 Å². The molecule has 2 aromatic carbocycles. The standard InChI is InChI=1S/C30H38F2N2O5/c1-2-3-5-21-6-11-24(12-7-21)30(31,32)39-27-13-8-22(9-14-27)10-15-28(35)37-16-4-17-38-29(36)23-18-25(33)20-26(34)19-23/h8-10,13-15,18-21,24H,2-7,11-12,16-17,33-34H2,1H3/b15-10+. The number of anilines is 2. The number of benzene rings is 2. The van der Waals surface area contributed by atoms with Gasteiger partial charge in [0.15, 0.2) is 0 Å². The fourth-order valence-electron chi connectivity index (χ4n) is 4.65. The van der Waals surface area contributed by atoms with E-state index in [9.17, 15) is 18.4 Å². The lowest BCUT2D eigenvalue weighted by molar-refractivity contribution is -0.223. The molecule has 0 amide bonds. The molecular weight excluding hydrogens is 506 g/mol. The molecule has 0 saturated heterocycles. The number of alkyl halides is 2. The molecule has 1 aliphatic rings. The van der Waals surface area contributed by atoms with Gasteiger partial charge in [-0.25, -0.2) is 9.59 Å². The quantitative estimate of drug-likeness (QED) is 0.126. The largest absolute Gasteiger partial charge is 0.462 e.